The molecule has 0 spiro atoms. The molecule has 0 saturated heterocycles. The van der Waals surface area contributed by atoms with Crippen LogP contribution in [0.3, 0.4) is 0 Å². The topological polar surface area (TPSA) is 41.1 Å². The maximum absolute atomic E-state index is 12.0. The number of amides is 1. The van der Waals surface area contributed by atoms with E-state index in [4.69, 9.17) is 11.6 Å². The van der Waals surface area contributed by atoms with Gasteiger partial charge in [-0.1, -0.05) is 35.9 Å². The first-order valence-corrected chi connectivity index (χ1v) is 6.04. The van der Waals surface area contributed by atoms with Crippen molar-refractivity contribution in [2.45, 2.75) is 0 Å². The van der Waals surface area contributed by atoms with Crippen LogP contribution in [0.2, 0.25) is 5.02 Å². The van der Waals surface area contributed by atoms with E-state index in [2.05, 4.69) is 10.5 Å². The van der Waals surface area contributed by atoms with Crippen LogP contribution in [-0.4, -0.2) is 12.9 Å². The molecule has 1 aliphatic heterocycles. The molecule has 88 valence electrons. The molecule has 0 radical (unpaired) electrons. The van der Waals surface area contributed by atoms with Crippen molar-refractivity contribution in [3.8, 4) is 0 Å². The number of hydrogen-bond acceptors (Lipinski definition) is 2. The Kier molecular flexibility index (Phi) is 2.72. The highest BCUT2D eigenvalue weighted by Gasteiger charge is 2.28. The van der Waals surface area contributed by atoms with Gasteiger partial charge in [-0.05, 0) is 29.7 Å². The molecule has 3 nitrogen and oxygen atoms in total. The summed E-state index contributed by atoms with van der Waals surface area (Å²) in [5, 5.41) is 6.89. The molecule has 1 heterocycles. The number of halogens is 1. The van der Waals surface area contributed by atoms with Crippen LogP contribution in [0.15, 0.2) is 48.5 Å². The number of nitrogens with one attached hydrogen (secondary N) is 2. The summed E-state index contributed by atoms with van der Waals surface area (Å²) in [5.74, 6) is -0.0655. The maximum atomic E-state index is 12.0. The van der Waals surface area contributed by atoms with Crippen LogP contribution in [-0.2, 0) is 0 Å². The van der Waals surface area contributed by atoms with Crippen LogP contribution in [0, 0.1) is 0 Å². The SMILES string of the molecule is O=C1NB(c2ccc(Cl)cc2)Nc2ccccc21. The lowest BCUT2D eigenvalue weighted by atomic mass is 9.66. The number of carbonyl (C=O) groups excluding carboxylic acids is 1. The Morgan fingerprint density at radius 2 is 1.67 bits per heavy atom. The van der Waals surface area contributed by atoms with E-state index >= 15 is 0 Å². The predicted octanol–water partition coefficient (Wildman–Crippen LogP) is 1.89. The third-order valence-corrected chi connectivity index (χ3v) is 3.20. The van der Waals surface area contributed by atoms with E-state index in [0.717, 1.165) is 11.2 Å². The molecule has 2 aromatic carbocycles. The summed E-state index contributed by atoms with van der Waals surface area (Å²) in [4.78, 5) is 12.0. The fourth-order valence-corrected chi connectivity index (χ4v) is 2.16. The van der Waals surface area contributed by atoms with Crippen molar-refractivity contribution >= 4 is 35.6 Å². The first-order chi connectivity index (χ1) is 8.74. The molecule has 1 amide bonds. The monoisotopic (exact) mass is 256 g/mol. The Morgan fingerprint density at radius 1 is 0.944 bits per heavy atom. The van der Waals surface area contributed by atoms with Gasteiger partial charge in [0.15, 0.2) is 0 Å². The van der Waals surface area contributed by atoms with Crippen molar-refractivity contribution in [1.82, 2.24) is 5.23 Å². The van der Waals surface area contributed by atoms with E-state index in [-0.39, 0.29) is 12.9 Å². The maximum Gasteiger partial charge on any atom is 0.408 e. The molecular formula is C13H10BClN2O. The fourth-order valence-electron chi connectivity index (χ4n) is 2.03. The number of anilines is 1. The smallest absolute Gasteiger partial charge is 0.405 e. The van der Waals surface area contributed by atoms with Crippen molar-refractivity contribution < 1.29 is 4.79 Å². The third-order valence-electron chi connectivity index (χ3n) is 2.95. The number of carbonyl (C=O) groups is 1. The molecule has 2 N–H and O–H groups in total. The Hall–Kier alpha value is -1.94. The van der Waals surface area contributed by atoms with Gasteiger partial charge in [0.2, 0.25) is 5.91 Å². The van der Waals surface area contributed by atoms with Gasteiger partial charge in [-0.3, -0.25) is 4.79 Å². The summed E-state index contributed by atoms with van der Waals surface area (Å²) < 4.78 is 0. The molecule has 0 bridgehead atoms. The van der Waals surface area contributed by atoms with E-state index in [1.54, 1.807) is 6.07 Å². The van der Waals surface area contributed by atoms with Gasteiger partial charge in [0, 0.05) is 10.7 Å². The Labute approximate surface area is 110 Å². The van der Waals surface area contributed by atoms with Gasteiger partial charge in [-0.2, -0.15) is 0 Å². The molecule has 0 aliphatic carbocycles. The average molecular weight is 257 g/mol. The minimum absolute atomic E-state index is 0.0655. The van der Waals surface area contributed by atoms with Crippen molar-refractivity contribution in [2.24, 2.45) is 0 Å². The highest BCUT2D eigenvalue weighted by molar-refractivity contribution is 6.77. The molecule has 0 unspecified atom stereocenters. The molecule has 3 rings (SSSR count). The largest absolute Gasteiger partial charge is 0.408 e. The van der Waals surface area contributed by atoms with Crippen LogP contribution in [0.5, 0.6) is 0 Å². The minimum Gasteiger partial charge on any atom is -0.405 e. The molecule has 0 fully saturated rings. The van der Waals surface area contributed by atoms with Crippen LogP contribution in [0.1, 0.15) is 10.4 Å². The van der Waals surface area contributed by atoms with Gasteiger partial charge >= 0.3 is 6.98 Å². The highest BCUT2D eigenvalue weighted by Crippen LogP contribution is 2.18. The summed E-state index contributed by atoms with van der Waals surface area (Å²) in [7, 11) is 0. The van der Waals surface area contributed by atoms with Crippen molar-refractivity contribution in [2.75, 3.05) is 5.23 Å². The molecular weight excluding hydrogens is 246 g/mol. The molecule has 0 aromatic heterocycles. The lowest BCUT2D eigenvalue weighted by molar-refractivity contribution is 0.0979. The zero-order chi connectivity index (χ0) is 12.5. The number of hydrogen-bond donors (Lipinski definition) is 2. The highest BCUT2D eigenvalue weighted by atomic mass is 35.5. The summed E-state index contributed by atoms with van der Waals surface area (Å²) in [6.45, 7) is -0.218. The second-order valence-corrected chi connectivity index (χ2v) is 4.58. The summed E-state index contributed by atoms with van der Waals surface area (Å²) in [6.07, 6.45) is 0. The quantitative estimate of drug-likeness (QED) is 0.765. The Morgan fingerprint density at radius 3 is 2.44 bits per heavy atom. The Balaban J connectivity index is 1.94. The van der Waals surface area contributed by atoms with Crippen LogP contribution >= 0.6 is 11.6 Å². The number of fused-ring (bicyclic) bond motifs is 1. The molecule has 0 atom stereocenters. The lowest BCUT2D eigenvalue weighted by Crippen LogP contribution is -2.56. The van der Waals surface area contributed by atoms with E-state index in [1.807, 2.05) is 42.5 Å². The van der Waals surface area contributed by atoms with E-state index in [1.165, 1.54) is 0 Å². The Bertz CT molecular complexity index is 600. The normalized spacial score (nSPS) is 13.6. The average Bonchev–Trinajstić information content (AvgIpc) is 2.39. The van der Waals surface area contributed by atoms with Gasteiger partial charge in [-0.25, -0.2) is 0 Å². The van der Waals surface area contributed by atoms with Crippen LogP contribution in [0.4, 0.5) is 5.69 Å². The lowest BCUT2D eigenvalue weighted by Gasteiger charge is -2.24. The number of rotatable bonds is 1. The van der Waals surface area contributed by atoms with E-state index < -0.39 is 0 Å². The van der Waals surface area contributed by atoms with E-state index in [9.17, 15) is 4.79 Å². The second kappa shape index (κ2) is 4.39. The molecule has 2 aromatic rings. The van der Waals surface area contributed by atoms with Crippen molar-refractivity contribution in [3.05, 3.63) is 59.1 Å². The predicted molar refractivity (Wildman–Crippen MR) is 74.4 cm³/mol. The van der Waals surface area contributed by atoms with Gasteiger partial charge in [0.25, 0.3) is 0 Å². The fraction of sp³-hybridized carbons (Fsp3) is 0. The summed E-state index contributed by atoms with van der Waals surface area (Å²) >= 11 is 5.85. The van der Waals surface area contributed by atoms with Crippen molar-refractivity contribution in [3.63, 3.8) is 0 Å². The zero-order valence-corrected chi connectivity index (χ0v) is 10.2. The third kappa shape index (κ3) is 1.95. The zero-order valence-electron chi connectivity index (χ0n) is 9.48. The number of para-hydroxylation sites is 1. The standard InChI is InChI=1S/C13H10BClN2O/c15-10-7-5-9(6-8-10)14-16-12-4-2-1-3-11(12)13(18)17-14/h1-8,16H,(H,17,18). The van der Waals surface area contributed by atoms with Gasteiger partial charge in [0.05, 0.1) is 5.56 Å². The van der Waals surface area contributed by atoms with Gasteiger partial charge in [-0.15, -0.1) is 0 Å². The molecule has 0 saturated carbocycles. The first-order valence-electron chi connectivity index (χ1n) is 5.66. The van der Waals surface area contributed by atoms with Crippen molar-refractivity contribution in [1.29, 1.82) is 0 Å². The molecule has 18 heavy (non-hydrogen) atoms. The van der Waals surface area contributed by atoms with Crippen LogP contribution < -0.4 is 15.9 Å². The second-order valence-electron chi connectivity index (χ2n) is 4.15. The molecule has 1 aliphatic rings. The van der Waals surface area contributed by atoms with E-state index in [0.29, 0.717) is 10.6 Å². The summed E-state index contributed by atoms with van der Waals surface area (Å²) in [5.41, 5.74) is 2.49. The minimum atomic E-state index is -0.218. The number of benzene rings is 2. The van der Waals surface area contributed by atoms with Crippen LogP contribution in [0.25, 0.3) is 0 Å². The van der Waals surface area contributed by atoms with Gasteiger partial charge < -0.3 is 10.5 Å². The first kappa shape index (κ1) is 11.2. The summed E-state index contributed by atoms with van der Waals surface area (Å²) in [6, 6.07) is 14.9. The van der Waals surface area contributed by atoms with Gasteiger partial charge in [0.1, 0.15) is 0 Å². The molecule has 5 heteroatoms.